The van der Waals surface area contributed by atoms with Gasteiger partial charge in [-0.25, -0.2) is 0 Å². The van der Waals surface area contributed by atoms with Crippen LogP contribution in [0.5, 0.6) is 0 Å². The molecule has 2 nitrogen and oxygen atoms in total. The highest BCUT2D eigenvalue weighted by molar-refractivity contribution is 5.15. The Labute approximate surface area is 118 Å². The Bertz CT molecular complexity index is 370. The predicted molar refractivity (Wildman–Crippen MR) is 82.2 cm³/mol. The molecule has 1 aliphatic rings. The van der Waals surface area contributed by atoms with Crippen LogP contribution in [0.15, 0.2) is 30.3 Å². The van der Waals surface area contributed by atoms with Crippen LogP contribution >= 0.6 is 0 Å². The van der Waals surface area contributed by atoms with E-state index in [1.807, 2.05) is 0 Å². The maximum Gasteiger partial charge on any atom is 0.0182 e. The van der Waals surface area contributed by atoms with Gasteiger partial charge < -0.3 is 5.73 Å². The minimum absolute atomic E-state index is 0.298. The van der Waals surface area contributed by atoms with Gasteiger partial charge in [0.2, 0.25) is 0 Å². The fourth-order valence-electron chi connectivity index (χ4n) is 3.44. The molecule has 0 aliphatic carbocycles. The molecular weight excluding hydrogens is 232 g/mol. The number of benzene rings is 1. The molecule has 0 saturated carbocycles. The summed E-state index contributed by atoms with van der Waals surface area (Å²) in [6.45, 7) is 8.02. The van der Waals surface area contributed by atoms with Crippen molar-refractivity contribution in [3.8, 4) is 0 Å². The zero-order chi connectivity index (χ0) is 13.7. The van der Waals surface area contributed by atoms with Gasteiger partial charge in [0.25, 0.3) is 0 Å². The monoisotopic (exact) mass is 260 g/mol. The molecule has 0 amide bonds. The molecule has 1 unspecified atom stereocenters. The Balaban J connectivity index is 1.95. The van der Waals surface area contributed by atoms with Crippen LogP contribution < -0.4 is 5.73 Å². The smallest absolute Gasteiger partial charge is 0.0182 e. The summed E-state index contributed by atoms with van der Waals surface area (Å²) in [5.74, 6) is 0.752. The van der Waals surface area contributed by atoms with Crippen LogP contribution in [0.4, 0.5) is 0 Å². The number of rotatable bonds is 5. The summed E-state index contributed by atoms with van der Waals surface area (Å²) in [4.78, 5) is 2.67. The molecule has 106 valence electrons. The Morgan fingerprint density at radius 2 is 2.00 bits per heavy atom. The molecule has 1 aromatic rings. The van der Waals surface area contributed by atoms with Crippen LogP contribution in [-0.2, 0) is 6.42 Å². The SMILES string of the molecule is CC1(C)C(CCN)CCCN1CCc1ccccc1. The van der Waals surface area contributed by atoms with Gasteiger partial charge in [0.05, 0.1) is 0 Å². The Morgan fingerprint density at radius 3 is 2.68 bits per heavy atom. The van der Waals surface area contributed by atoms with E-state index in [4.69, 9.17) is 5.73 Å². The quantitative estimate of drug-likeness (QED) is 0.881. The molecule has 1 atom stereocenters. The fraction of sp³-hybridized carbons (Fsp3) is 0.647. The minimum Gasteiger partial charge on any atom is -0.330 e. The average Bonchev–Trinajstić information content (AvgIpc) is 2.41. The lowest BCUT2D eigenvalue weighted by atomic mass is 9.77. The van der Waals surface area contributed by atoms with Crippen LogP contribution in [0.3, 0.4) is 0 Å². The topological polar surface area (TPSA) is 29.3 Å². The zero-order valence-electron chi connectivity index (χ0n) is 12.4. The van der Waals surface area contributed by atoms with Gasteiger partial charge >= 0.3 is 0 Å². The highest BCUT2D eigenvalue weighted by Gasteiger charge is 2.37. The molecular formula is C17H28N2. The van der Waals surface area contributed by atoms with Crippen molar-refractivity contribution >= 4 is 0 Å². The third kappa shape index (κ3) is 3.58. The maximum atomic E-state index is 5.77. The minimum atomic E-state index is 0.298. The van der Waals surface area contributed by atoms with Crippen molar-refractivity contribution in [2.45, 2.75) is 45.1 Å². The summed E-state index contributed by atoms with van der Waals surface area (Å²) in [6.07, 6.45) is 4.98. The van der Waals surface area contributed by atoms with Gasteiger partial charge in [0, 0.05) is 12.1 Å². The lowest BCUT2D eigenvalue weighted by Crippen LogP contribution is -2.54. The first-order valence-electron chi connectivity index (χ1n) is 7.63. The van der Waals surface area contributed by atoms with Crippen LogP contribution in [0.1, 0.15) is 38.7 Å². The number of hydrogen-bond acceptors (Lipinski definition) is 2. The molecule has 19 heavy (non-hydrogen) atoms. The van der Waals surface area contributed by atoms with Crippen molar-refractivity contribution in [1.29, 1.82) is 0 Å². The van der Waals surface area contributed by atoms with E-state index in [9.17, 15) is 0 Å². The molecule has 0 spiro atoms. The average molecular weight is 260 g/mol. The van der Waals surface area contributed by atoms with E-state index in [-0.39, 0.29) is 0 Å². The van der Waals surface area contributed by atoms with E-state index >= 15 is 0 Å². The van der Waals surface area contributed by atoms with Crippen molar-refractivity contribution in [2.75, 3.05) is 19.6 Å². The molecule has 1 aromatic carbocycles. The third-order valence-electron chi connectivity index (χ3n) is 4.82. The summed E-state index contributed by atoms with van der Waals surface area (Å²) in [7, 11) is 0. The molecule has 0 radical (unpaired) electrons. The first-order chi connectivity index (χ1) is 9.14. The van der Waals surface area contributed by atoms with Gasteiger partial charge in [0.15, 0.2) is 0 Å². The number of hydrogen-bond donors (Lipinski definition) is 1. The maximum absolute atomic E-state index is 5.77. The van der Waals surface area contributed by atoms with Gasteiger partial charge in [-0.3, -0.25) is 4.90 Å². The van der Waals surface area contributed by atoms with Crippen LogP contribution in [-0.4, -0.2) is 30.1 Å². The summed E-state index contributed by atoms with van der Waals surface area (Å²) in [6, 6.07) is 10.8. The first kappa shape index (κ1) is 14.5. The summed E-state index contributed by atoms with van der Waals surface area (Å²) in [5, 5.41) is 0. The van der Waals surface area contributed by atoms with E-state index in [2.05, 4.69) is 49.1 Å². The van der Waals surface area contributed by atoms with E-state index in [0.29, 0.717) is 5.54 Å². The normalized spacial score (nSPS) is 23.4. The molecule has 1 fully saturated rings. The van der Waals surface area contributed by atoms with Crippen molar-refractivity contribution < 1.29 is 0 Å². The highest BCUT2D eigenvalue weighted by atomic mass is 15.2. The molecule has 1 saturated heterocycles. The molecule has 0 bridgehead atoms. The largest absolute Gasteiger partial charge is 0.330 e. The van der Waals surface area contributed by atoms with Crippen molar-refractivity contribution in [1.82, 2.24) is 4.90 Å². The second-order valence-corrected chi connectivity index (χ2v) is 6.29. The van der Waals surface area contributed by atoms with Gasteiger partial charge in [-0.15, -0.1) is 0 Å². The van der Waals surface area contributed by atoms with E-state index in [1.165, 1.54) is 24.9 Å². The molecule has 1 heterocycles. The predicted octanol–water partition coefficient (Wildman–Crippen LogP) is 3.07. The molecule has 2 rings (SSSR count). The Kier molecular flexibility index (Phi) is 5.00. The molecule has 2 N–H and O–H groups in total. The van der Waals surface area contributed by atoms with Gasteiger partial charge in [-0.2, -0.15) is 0 Å². The number of nitrogens with two attached hydrogens (primary N) is 1. The first-order valence-corrected chi connectivity index (χ1v) is 7.63. The van der Waals surface area contributed by atoms with E-state index < -0.39 is 0 Å². The van der Waals surface area contributed by atoms with Crippen molar-refractivity contribution in [3.05, 3.63) is 35.9 Å². The lowest BCUT2D eigenvalue weighted by Gasteiger charge is -2.48. The second kappa shape index (κ2) is 6.53. The highest BCUT2D eigenvalue weighted by Crippen LogP contribution is 2.35. The van der Waals surface area contributed by atoms with Crippen molar-refractivity contribution in [2.24, 2.45) is 11.7 Å². The number of likely N-dealkylation sites (tertiary alicyclic amines) is 1. The van der Waals surface area contributed by atoms with Crippen LogP contribution in [0, 0.1) is 5.92 Å². The summed E-state index contributed by atoms with van der Waals surface area (Å²) in [5.41, 5.74) is 7.51. The van der Waals surface area contributed by atoms with E-state index in [1.54, 1.807) is 0 Å². The van der Waals surface area contributed by atoms with Crippen molar-refractivity contribution in [3.63, 3.8) is 0 Å². The zero-order valence-corrected chi connectivity index (χ0v) is 12.4. The van der Waals surface area contributed by atoms with Crippen LogP contribution in [0.25, 0.3) is 0 Å². The summed E-state index contributed by atoms with van der Waals surface area (Å²) < 4.78 is 0. The number of piperidine rings is 1. The second-order valence-electron chi connectivity index (χ2n) is 6.29. The van der Waals surface area contributed by atoms with E-state index in [0.717, 1.165) is 31.8 Å². The lowest BCUT2D eigenvalue weighted by molar-refractivity contribution is 0.0201. The summed E-state index contributed by atoms with van der Waals surface area (Å²) >= 11 is 0. The molecule has 1 aliphatic heterocycles. The van der Waals surface area contributed by atoms with Gasteiger partial charge in [0.1, 0.15) is 0 Å². The van der Waals surface area contributed by atoms with Crippen LogP contribution in [0.2, 0.25) is 0 Å². The fourth-order valence-corrected chi connectivity index (χ4v) is 3.44. The third-order valence-corrected chi connectivity index (χ3v) is 4.82. The Hall–Kier alpha value is -0.860. The van der Waals surface area contributed by atoms with Gasteiger partial charge in [-0.05, 0) is 64.1 Å². The number of nitrogens with zero attached hydrogens (tertiary/aromatic N) is 1. The Morgan fingerprint density at radius 1 is 1.26 bits per heavy atom. The molecule has 0 aromatic heterocycles. The standard InChI is InChI=1S/C17H28N2/c1-17(2)16(10-12-18)9-6-13-19(17)14-11-15-7-4-3-5-8-15/h3-5,7-8,16H,6,9-14,18H2,1-2H3. The molecule has 2 heteroatoms. The van der Waals surface area contributed by atoms with Gasteiger partial charge in [-0.1, -0.05) is 30.3 Å².